The van der Waals surface area contributed by atoms with Crippen LogP contribution in [0.25, 0.3) is 0 Å². The summed E-state index contributed by atoms with van der Waals surface area (Å²) in [6.07, 6.45) is 3.99. The van der Waals surface area contributed by atoms with Crippen LogP contribution in [-0.2, 0) is 9.59 Å². The lowest BCUT2D eigenvalue weighted by molar-refractivity contribution is -0.126. The van der Waals surface area contributed by atoms with Gasteiger partial charge in [-0.15, -0.1) is 0 Å². The highest BCUT2D eigenvalue weighted by Gasteiger charge is 2.29. The molecule has 5 heteroatoms. The van der Waals surface area contributed by atoms with Gasteiger partial charge in [0.25, 0.3) is 0 Å². The van der Waals surface area contributed by atoms with E-state index >= 15 is 0 Å². The first-order chi connectivity index (χ1) is 7.65. The third-order valence-corrected chi connectivity index (χ3v) is 3.35. The molecule has 0 spiro atoms. The van der Waals surface area contributed by atoms with Crippen LogP contribution in [0.5, 0.6) is 0 Å². The number of amides is 2. The second kappa shape index (κ2) is 4.82. The molecule has 1 unspecified atom stereocenters. The van der Waals surface area contributed by atoms with E-state index in [1.54, 1.807) is 0 Å². The molecule has 90 valence electrons. The van der Waals surface area contributed by atoms with E-state index in [2.05, 4.69) is 10.6 Å². The first-order valence-electron chi connectivity index (χ1n) is 5.93. The van der Waals surface area contributed by atoms with Gasteiger partial charge in [-0.05, 0) is 32.1 Å². The summed E-state index contributed by atoms with van der Waals surface area (Å²) in [6, 6.07) is -0.187. The number of hydrogen-bond acceptors (Lipinski definition) is 3. The zero-order valence-corrected chi connectivity index (χ0v) is 9.24. The Bertz CT molecular complexity index is 285. The second-order valence-corrected chi connectivity index (χ2v) is 4.67. The summed E-state index contributed by atoms with van der Waals surface area (Å²) in [5.74, 6) is -0.119. The molecular weight excluding hydrogens is 208 g/mol. The zero-order chi connectivity index (χ0) is 11.5. The van der Waals surface area contributed by atoms with Crippen molar-refractivity contribution in [2.45, 2.75) is 56.7 Å². The van der Waals surface area contributed by atoms with Crippen LogP contribution in [0.1, 0.15) is 38.5 Å². The molecule has 2 aliphatic rings. The molecule has 0 radical (unpaired) electrons. The number of hydrogen-bond donors (Lipinski definition) is 3. The first-order valence-corrected chi connectivity index (χ1v) is 5.93. The lowest BCUT2D eigenvalue weighted by Crippen LogP contribution is -2.47. The van der Waals surface area contributed by atoms with Gasteiger partial charge in [0.15, 0.2) is 0 Å². The molecule has 2 rings (SSSR count). The van der Waals surface area contributed by atoms with Gasteiger partial charge in [-0.25, -0.2) is 0 Å². The molecule has 0 aromatic carbocycles. The summed E-state index contributed by atoms with van der Waals surface area (Å²) in [6.45, 7) is 0. The Balaban J connectivity index is 1.77. The molecule has 2 amide bonds. The Hall–Kier alpha value is -1.10. The summed E-state index contributed by atoms with van der Waals surface area (Å²) in [7, 11) is 0. The molecule has 0 aromatic rings. The van der Waals surface area contributed by atoms with Gasteiger partial charge in [0, 0.05) is 12.5 Å². The van der Waals surface area contributed by atoms with Crippen LogP contribution in [0.3, 0.4) is 0 Å². The van der Waals surface area contributed by atoms with Crippen LogP contribution in [0.15, 0.2) is 0 Å². The predicted octanol–water partition coefficient (Wildman–Crippen LogP) is -0.315. The molecule has 1 aliphatic heterocycles. The van der Waals surface area contributed by atoms with Gasteiger partial charge < -0.3 is 15.7 Å². The highest BCUT2D eigenvalue weighted by molar-refractivity contribution is 5.90. The highest BCUT2D eigenvalue weighted by Crippen LogP contribution is 2.18. The van der Waals surface area contributed by atoms with Crippen LogP contribution >= 0.6 is 0 Å². The fourth-order valence-corrected chi connectivity index (χ4v) is 2.33. The molecule has 2 fully saturated rings. The number of nitrogens with one attached hydrogen (secondary N) is 2. The van der Waals surface area contributed by atoms with Crippen molar-refractivity contribution in [3.63, 3.8) is 0 Å². The standard InChI is InChI=1S/C11H18N2O3/c14-8-3-1-7(2-4-8)12-11(16)9-5-6-10(15)13-9/h7-9,14H,1-6H2,(H,12,16)(H,13,15). The fourth-order valence-electron chi connectivity index (χ4n) is 2.33. The Morgan fingerprint density at radius 2 is 1.94 bits per heavy atom. The van der Waals surface area contributed by atoms with E-state index in [1.165, 1.54) is 0 Å². The molecule has 0 aromatic heterocycles. The van der Waals surface area contributed by atoms with Gasteiger partial charge in [-0.3, -0.25) is 9.59 Å². The topological polar surface area (TPSA) is 78.4 Å². The van der Waals surface area contributed by atoms with Crippen LogP contribution in [0.4, 0.5) is 0 Å². The fraction of sp³-hybridized carbons (Fsp3) is 0.818. The maximum atomic E-state index is 11.8. The molecular formula is C11H18N2O3. The normalized spacial score (nSPS) is 34.6. The molecule has 0 bridgehead atoms. The first kappa shape index (κ1) is 11.4. The molecule has 1 saturated carbocycles. The molecule has 1 saturated heterocycles. The van der Waals surface area contributed by atoms with E-state index in [4.69, 9.17) is 0 Å². The average Bonchev–Trinajstić information content (AvgIpc) is 2.68. The molecule has 1 heterocycles. The minimum Gasteiger partial charge on any atom is -0.393 e. The van der Waals surface area contributed by atoms with Crippen LogP contribution in [-0.4, -0.2) is 35.1 Å². The second-order valence-electron chi connectivity index (χ2n) is 4.67. The zero-order valence-electron chi connectivity index (χ0n) is 9.24. The minimum absolute atomic E-state index is 0.0424. The van der Waals surface area contributed by atoms with Crippen molar-refractivity contribution in [1.82, 2.24) is 10.6 Å². The Kier molecular flexibility index (Phi) is 3.43. The molecule has 16 heavy (non-hydrogen) atoms. The third kappa shape index (κ3) is 2.72. The quantitative estimate of drug-likeness (QED) is 0.604. The lowest BCUT2D eigenvalue weighted by Gasteiger charge is -2.27. The largest absolute Gasteiger partial charge is 0.393 e. The summed E-state index contributed by atoms with van der Waals surface area (Å²) in [4.78, 5) is 22.7. The Morgan fingerprint density at radius 3 is 2.50 bits per heavy atom. The summed E-state index contributed by atoms with van der Waals surface area (Å²) >= 11 is 0. The number of rotatable bonds is 2. The number of aliphatic hydroxyl groups excluding tert-OH is 1. The minimum atomic E-state index is -0.348. The van der Waals surface area contributed by atoms with Crippen molar-refractivity contribution < 1.29 is 14.7 Å². The maximum Gasteiger partial charge on any atom is 0.242 e. The van der Waals surface area contributed by atoms with Gasteiger partial charge in [0.2, 0.25) is 11.8 Å². The van der Waals surface area contributed by atoms with Crippen molar-refractivity contribution in [1.29, 1.82) is 0 Å². The molecule has 1 atom stereocenters. The Labute approximate surface area is 94.6 Å². The highest BCUT2D eigenvalue weighted by atomic mass is 16.3. The van der Waals surface area contributed by atoms with E-state index in [-0.39, 0.29) is 30.0 Å². The number of aliphatic hydroxyl groups is 1. The van der Waals surface area contributed by atoms with E-state index < -0.39 is 0 Å². The van der Waals surface area contributed by atoms with E-state index in [0.717, 1.165) is 25.7 Å². The van der Waals surface area contributed by atoms with E-state index in [0.29, 0.717) is 12.8 Å². The SMILES string of the molecule is O=C1CCC(C(=O)NC2CCC(O)CC2)N1. The van der Waals surface area contributed by atoms with Crippen molar-refractivity contribution >= 4 is 11.8 Å². The van der Waals surface area contributed by atoms with Crippen LogP contribution < -0.4 is 10.6 Å². The van der Waals surface area contributed by atoms with Gasteiger partial charge in [0.05, 0.1) is 6.10 Å². The summed E-state index contributed by atoms with van der Waals surface area (Å²) in [5.41, 5.74) is 0. The van der Waals surface area contributed by atoms with Gasteiger partial charge >= 0.3 is 0 Å². The van der Waals surface area contributed by atoms with Crippen molar-refractivity contribution in [3.8, 4) is 0 Å². The smallest absolute Gasteiger partial charge is 0.242 e. The molecule has 5 nitrogen and oxygen atoms in total. The van der Waals surface area contributed by atoms with Gasteiger partial charge in [-0.2, -0.15) is 0 Å². The number of carbonyl (C=O) groups excluding carboxylic acids is 2. The monoisotopic (exact) mass is 226 g/mol. The maximum absolute atomic E-state index is 11.8. The summed E-state index contributed by atoms with van der Waals surface area (Å²) in [5, 5.41) is 14.9. The average molecular weight is 226 g/mol. The van der Waals surface area contributed by atoms with E-state index in [9.17, 15) is 14.7 Å². The molecule has 3 N–H and O–H groups in total. The number of carbonyl (C=O) groups is 2. The van der Waals surface area contributed by atoms with Gasteiger partial charge in [0.1, 0.15) is 6.04 Å². The Morgan fingerprint density at radius 1 is 1.25 bits per heavy atom. The molecule has 1 aliphatic carbocycles. The van der Waals surface area contributed by atoms with E-state index in [1.807, 2.05) is 0 Å². The van der Waals surface area contributed by atoms with Gasteiger partial charge in [-0.1, -0.05) is 0 Å². The lowest BCUT2D eigenvalue weighted by atomic mass is 9.93. The predicted molar refractivity (Wildman–Crippen MR) is 57.6 cm³/mol. The van der Waals surface area contributed by atoms with Crippen molar-refractivity contribution in [3.05, 3.63) is 0 Å². The van der Waals surface area contributed by atoms with Crippen LogP contribution in [0.2, 0.25) is 0 Å². The van der Waals surface area contributed by atoms with Crippen LogP contribution in [0, 0.1) is 0 Å². The summed E-state index contributed by atoms with van der Waals surface area (Å²) < 4.78 is 0. The third-order valence-electron chi connectivity index (χ3n) is 3.35. The van der Waals surface area contributed by atoms with Crippen molar-refractivity contribution in [2.75, 3.05) is 0 Å². The van der Waals surface area contributed by atoms with Crippen molar-refractivity contribution in [2.24, 2.45) is 0 Å².